The van der Waals surface area contributed by atoms with Gasteiger partial charge in [0.15, 0.2) is 0 Å². The van der Waals surface area contributed by atoms with Gasteiger partial charge in [0, 0.05) is 18.0 Å². The van der Waals surface area contributed by atoms with Gasteiger partial charge in [0.2, 0.25) is 5.91 Å². The molecule has 0 bridgehead atoms. The fourth-order valence-corrected chi connectivity index (χ4v) is 3.34. The second-order valence-electron chi connectivity index (χ2n) is 6.07. The topological polar surface area (TPSA) is 57.6 Å². The number of nitrogens with zero attached hydrogens (tertiary/aromatic N) is 1. The third-order valence-electron chi connectivity index (χ3n) is 4.54. The number of carboxylic acid groups (broad SMARTS) is 1. The van der Waals surface area contributed by atoms with Crippen molar-refractivity contribution in [2.75, 3.05) is 0 Å². The summed E-state index contributed by atoms with van der Waals surface area (Å²) in [6.07, 6.45) is 0.333. The number of hydrogen-bond acceptors (Lipinski definition) is 2. The molecule has 1 heterocycles. The van der Waals surface area contributed by atoms with Crippen LogP contribution < -0.4 is 0 Å². The Balaban J connectivity index is 1.91. The lowest BCUT2D eigenvalue weighted by Crippen LogP contribution is -2.49. The second-order valence-corrected chi connectivity index (χ2v) is 6.51. The van der Waals surface area contributed by atoms with Crippen molar-refractivity contribution in [3.63, 3.8) is 0 Å². The summed E-state index contributed by atoms with van der Waals surface area (Å²) in [5.74, 6) is -1.62. The van der Waals surface area contributed by atoms with Gasteiger partial charge in [0.05, 0.1) is 5.92 Å². The normalized spacial score (nSPS) is 17.9. The lowest BCUT2D eigenvalue weighted by atomic mass is 9.91. The van der Waals surface area contributed by atoms with Crippen LogP contribution >= 0.6 is 11.6 Å². The Morgan fingerprint density at radius 1 is 1.17 bits per heavy atom. The maximum Gasteiger partial charge on any atom is 0.326 e. The molecule has 0 aromatic heterocycles. The molecule has 0 aliphatic carbocycles. The second kappa shape index (κ2) is 6.65. The molecule has 0 fully saturated rings. The van der Waals surface area contributed by atoms with Gasteiger partial charge >= 0.3 is 5.97 Å². The minimum absolute atomic E-state index is 0.195. The number of aliphatic carboxylic acids is 1. The fraction of sp³-hybridized carbons (Fsp3) is 0.263. The van der Waals surface area contributed by atoms with Crippen LogP contribution in [0.25, 0.3) is 0 Å². The Kier molecular flexibility index (Phi) is 4.58. The highest BCUT2D eigenvalue weighted by atomic mass is 35.5. The molecule has 1 aliphatic heterocycles. The molecule has 2 atom stereocenters. The van der Waals surface area contributed by atoms with Crippen molar-refractivity contribution >= 4 is 23.5 Å². The van der Waals surface area contributed by atoms with Crippen LogP contribution in [-0.2, 0) is 22.6 Å². The number of rotatable bonds is 3. The van der Waals surface area contributed by atoms with E-state index in [0.717, 1.165) is 16.7 Å². The molecule has 0 saturated carbocycles. The highest BCUT2D eigenvalue weighted by Gasteiger charge is 2.36. The van der Waals surface area contributed by atoms with Crippen molar-refractivity contribution in [3.05, 3.63) is 70.2 Å². The van der Waals surface area contributed by atoms with E-state index in [1.54, 1.807) is 25.1 Å². The zero-order valence-electron chi connectivity index (χ0n) is 13.3. The van der Waals surface area contributed by atoms with Crippen LogP contribution in [0.15, 0.2) is 48.5 Å². The van der Waals surface area contributed by atoms with E-state index in [2.05, 4.69) is 0 Å². The van der Waals surface area contributed by atoms with Crippen molar-refractivity contribution in [1.29, 1.82) is 0 Å². The first-order valence-electron chi connectivity index (χ1n) is 7.83. The van der Waals surface area contributed by atoms with Crippen LogP contribution in [-0.4, -0.2) is 27.9 Å². The van der Waals surface area contributed by atoms with Crippen LogP contribution in [0.3, 0.4) is 0 Å². The quantitative estimate of drug-likeness (QED) is 0.928. The zero-order chi connectivity index (χ0) is 17.3. The Bertz CT molecular complexity index is 790. The highest BCUT2D eigenvalue weighted by Crippen LogP contribution is 2.28. The number of carbonyl (C=O) groups excluding carboxylic acids is 1. The molecule has 2 aromatic rings. The first-order valence-corrected chi connectivity index (χ1v) is 8.20. The molecule has 5 heteroatoms. The summed E-state index contributed by atoms with van der Waals surface area (Å²) in [7, 11) is 0. The molecule has 1 N–H and O–H groups in total. The molecule has 124 valence electrons. The van der Waals surface area contributed by atoms with E-state index in [1.807, 2.05) is 30.3 Å². The summed E-state index contributed by atoms with van der Waals surface area (Å²) in [6.45, 7) is 2.10. The third kappa shape index (κ3) is 3.15. The third-order valence-corrected chi connectivity index (χ3v) is 4.77. The zero-order valence-corrected chi connectivity index (χ0v) is 14.0. The van der Waals surface area contributed by atoms with Crippen molar-refractivity contribution in [2.24, 2.45) is 0 Å². The molecular weight excluding hydrogens is 326 g/mol. The average molecular weight is 344 g/mol. The van der Waals surface area contributed by atoms with E-state index >= 15 is 0 Å². The summed E-state index contributed by atoms with van der Waals surface area (Å²) >= 11 is 6.01. The maximum atomic E-state index is 13.0. The number of benzene rings is 2. The number of halogens is 1. The monoisotopic (exact) mass is 343 g/mol. The Hall–Kier alpha value is -2.33. The smallest absolute Gasteiger partial charge is 0.326 e. The first kappa shape index (κ1) is 16.5. The molecule has 2 aromatic carbocycles. The lowest BCUT2D eigenvalue weighted by Gasteiger charge is -2.36. The van der Waals surface area contributed by atoms with Gasteiger partial charge in [0.1, 0.15) is 6.04 Å². The van der Waals surface area contributed by atoms with Gasteiger partial charge in [-0.1, -0.05) is 48.0 Å². The maximum absolute atomic E-state index is 13.0. The van der Waals surface area contributed by atoms with Crippen LogP contribution in [0.2, 0.25) is 5.02 Å². The van der Waals surface area contributed by atoms with Crippen molar-refractivity contribution in [3.8, 4) is 0 Å². The minimum atomic E-state index is -0.976. The largest absolute Gasteiger partial charge is 0.480 e. The highest BCUT2D eigenvalue weighted by molar-refractivity contribution is 6.30. The van der Waals surface area contributed by atoms with Gasteiger partial charge in [-0.2, -0.15) is 0 Å². The van der Waals surface area contributed by atoms with Crippen LogP contribution in [0.5, 0.6) is 0 Å². The summed E-state index contributed by atoms with van der Waals surface area (Å²) in [6, 6.07) is 14.0. The van der Waals surface area contributed by atoms with Crippen molar-refractivity contribution < 1.29 is 14.7 Å². The standard InChI is InChI=1S/C19H18ClNO3/c1-12(13-7-4-8-16(20)9-13)18(22)21-11-15-6-3-2-5-14(15)10-17(21)19(23)24/h2-9,12,17H,10-11H2,1H3,(H,23,24). The Labute approximate surface area is 145 Å². The number of carboxylic acids is 1. The average Bonchev–Trinajstić information content (AvgIpc) is 2.59. The van der Waals surface area contributed by atoms with Crippen molar-refractivity contribution in [2.45, 2.75) is 31.8 Å². The van der Waals surface area contributed by atoms with E-state index in [4.69, 9.17) is 11.6 Å². The van der Waals surface area contributed by atoms with Gasteiger partial charge in [-0.25, -0.2) is 4.79 Å². The molecule has 0 radical (unpaired) electrons. The van der Waals surface area contributed by atoms with E-state index in [1.165, 1.54) is 4.90 Å². The molecule has 2 unspecified atom stereocenters. The molecule has 0 saturated heterocycles. The van der Waals surface area contributed by atoms with Gasteiger partial charge < -0.3 is 10.0 Å². The summed E-state index contributed by atoms with van der Waals surface area (Å²) < 4.78 is 0. The molecule has 1 aliphatic rings. The van der Waals surface area contributed by atoms with E-state index < -0.39 is 17.9 Å². The van der Waals surface area contributed by atoms with Crippen LogP contribution in [0.1, 0.15) is 29.5 Å². The van der Waals surface area contributed by atoms with Gasteiger partial charge in [-0.15, -0.1) is 0 Å². The lowest BCUT2D eigenvalue weighted by molar-refractivity contribution is -0.151. The van der Waals surface area contributed by atoms with Gasteiger partial charge in [-0.05, 0) is 35.7 Å². The molecular formula is C19H18ClNO3. The van der Waals surface area contributed by atoms with E-state index in [9.17, 15) is 14.7 Å². The van der Waals surface area contributed by atoms with Crippen molar-refractivity contribution in [1.82, 2.24) is 4.90 Å². The van der Waals surface area contributed by atoms with Gasteiger partial charge in [-0.3, -0.25) is 4.79 Å². The summed E-state index contributed by atoms with van der Waals surface area (Å²) in [5.41, 5.74) is 2.78. The Morgan fingerprint density at radius 2 is 1.88 bits per heavy atom. The minimum Gasteiger partial charge on any atom is -0.480 e. The predicted molar refractivity (Wildman–Crippen MR) is 92.0 cm³/mol. The van der Waals surface area contributed by atoms with E-state index in [-0.39, 0.29) is 5.91 Å². The molecule has 3 rings (SSSR count). The van der Waals surface area contributed by atoms with Gasteiger partial charge in [0.25, 0.3) is 0 Å². The predicted octanol–water partition coefficient (Wildman–Crippen LogP) is 3.48. The number of amides is 1. The molecule has 4 nitrogen and oxygen atoms in total. The number of carbonyl (C=O) groups is 2. The van der Waals surface area contributed by atoms with Crippen LogP contribution in [0.4, 0.5) is 0 Å². The number of fused-ring (bicyclic) bond motifs is 1. The SMILES string of the molecule is CC(C(=O)N1Cc2ccccc2CC1C(=O)O)c1cccc(Cl)c1. The Morgan fingerprint density at radius 3 is 2.54 bits per heavy atom. The number of hydrogen-bond donors (Lipinski definition) is 1. The van der Waals surface area contributed by atoms with Crippen LogP contribution in [0, 0.1) is 0 Å². The fourth-order valence-electron chi connectivity index (χ4n) is 3.14. The summed E-state index contributed by atoms with van der Waals surface area (Å²) in [5, 5.41) is 10.1. The summed E-state index contributed by atoms with van der Waals surface area (Å²) in [4.78, 5) is 26.1. The molecule has 0 spiro atoms. The first-order chi connectivity index (χ1) is 11.5. The molecule has 1 amide bonds. The van der Waals surface area contributed by atoms with E-state index in [0.29, 0.717) is 18.0 Å². The molecule has 24 heavy (non-hydrogen) atoms.